The fourth-order valence-corrected chi connectivity index (χ4v) is 3.92. The minimum absolute atomic E-state index is 0.664. The maximum Gasteiger partial charge on any atom is 0.195 e. The number of hydrogen-bond acceptors (Lipinski definition) is 5. The molecule has 0 bridgehead atoms. The van der Waals surface area contributed by atoms with Crippen LogP contribution >= 0.6 is 0 Å². The molecule has 146 valence electrons. The highest BCUT2D eigenvalue weighted by Gasteiger charge is 2.21. The van der Waals surface area contributed by atoms with Gasteiger partial charge in [0.2, 0.25) is 0 Å². The van der Waals surface area contributed by atoms with Gasteiger partial charge in [-0.3, -0.25) is 4.90 Å². The largest absolute Gasteiger partial charge is 0.461 e. The fraction of sp³-hybridized carbons (Fsp3) is 0.261. The Labute approximate surface area is 169 Å². The summed E-state index contributed by atoms with van der Waals surface area (Å²) in [6.45, 7) is 6.95. The normalized spacial score (nSPS) is 14.1. The molecule has 1 aliphatic heterocycles. The average Bonchev–Trinajstić information content (AvgIpc) is 3.39. The van der Waals surface area contributed by atoms with E-state index >= 15 is 0 Å². The molecule has 6 nitrogen and oxygen atoms in total. The van der Waals surface area contributed by atoms with Gasteiger partial charge in [-0.2, -0.15) is 5.10 Å². The summed E-state index contributed by atoms with van der Waals surface area (Å²) in [7, 11) is 0. The van der Waals surface area contributed by atoms with Crippen LogP contribution in [0.25, 0.3) is 17.3 Å². The molecule has 0 amide bonds. The minimum Gasteiger partial charge on any atom is -0.461 e. The van der Waals surface area contributed by atoms with Gasteiger partial charge in [0.1, 0.15) is 0 Å². The monoisotopic (exact) mass is 385 g/mol. The molecule has 3 aromatic heterocycles. The average molecular weight is 385 g/mol. The minimum atomic E-state index is 0.664. The van der Waals surface area contributed by atoms with Crippen LogP contribution in [-0.2, 0) is 19.5 Å². The predicted molar refractivity (Wildman–Crippen MR) is 111 cm³/mol. The third kappa shape index (κ3) is 3.36. The van der Waals surface area contributed by atoms with Crippen LogP contribution in [0.3, 0.4) is 0 Å². The summed E-state index contributed by atoms with van der Waals surface area (Å²) in [6, 6.07) is 12.1. The zero-order valence-corrected chi connectivity index (χ0v) is 16.7. The summed E-state index contributed by atoms with van der Waals surface area (Å²) in [4.78, 5) is 11.7. The van der Waals surface area contributed by atoms with Crippen molar-refractivity contribution in [3.63, 3.8) is 0 Å². The second-order valence-corrected chi connectivity index (χ2v) is 7.56. The van der Waals surface area contributed by atoms with E-state index in [0.29, 0.717) is 5.82 Å². The molecule has 4 heterocycles. The highest BCUT2D eigenvalue weighted by Crippen LogP contribution is 2.24. The molecule has 0 unspecified atom stereocenters. The molecule has 0 atom stereocenters. The van der Waals surface area contributed by atoms with E-state index in [1.165, 1.54) is 22.4 Å². The Hall–Kier alpha value is -3.25. The first-order chi connectivity index (χ1) is 14.2. The third-order valence-corrected chi connectivity index (χ3v) is 5.60. The number of para-hydroxylation sites is 1. The number of nitrogens with zero attached hydrogens (tertiary/aromatic N) is 5. The molecule has 4 aromatic rings. The smallest absolute Gasteiger partial charge is 0.195 e. The van der Waals surface area contributed by atoms with Gasteiger partial charge in [0.15, 0.2) is 11.6 Å². The molecule has 0 fully saturated rings. The summed E-state index contributed by atoms with van der Waals surface area (Å²) in [5, 5.41) is 4.65. The molecule has 0 saturated carbocycles. The van der Waals surface area contributed by atoms with Gasteiger partial charge in [-0.1, -0.05) is 18.2 Å². The van der Waals surface area contributed by atoms with Crippen LogP contribution in [0.5, 0.6) is 0 Å². The lowest BCUT2D eigenvalue weighted by Crippen LogP contribution is -2.31. The number of aromatic nitrogens is 4. The second kappa shape index (κ2) is 7.29. The van der Waals surface area contributed by atoms with Crippen molar-refractivity contribution in [2.45, 2.75) is 33.4 Å². The van der Waals surface area contributed by atoms with E-state index in [4.69, 9.17) is 9.40 Å². The number of hydrogen-bond donors (Lipinski definition) is 0. The standard InChI is InChI=1S/C23H23N5O/c1-16-6-3-4-7-21(16)28-17(2)18(13-25-28)14-27-10-9-20-19(15-27)12-24-23(26-20)22-8-5-11-29-22/h3-8,11-13H,9-10,14-15H2,1-2H3. The van der Waals surface area contributed by atoms with Gasteiger partial charge in [0, 0.05) is 49.1 Å². The van der Waals surface area contributed by atoms with Crippen LogP contribution in [0.4, 0.5) is 0 Å². The molecule has 29 heavy (non-hydrogen) atoms. The molecule has 5 rings (SSSR count). The fourth-order valence-electron chi connectivity index (χ4n) is 3.92. The molecule has 1 aliphatic rings. The number of aryl methyl sites for hydroxylation is 1. The Bertz CT molecular complexity index is 1150. The van der Waals surface area contributed by atoms with Crippen LogP contribution in [0.15, 0.2) is 59.5 Å². The summed E-state index contributed by atoms with van der Waals surface area (Å²) < 4.78 is 7.47. The molecule has 0 saturated heterocycles. The van der Waals surface area contributed by atoms with E-state index in [1.807, 2.05) is 29.2 Å². The van der Waals surface area contributed by atoms with Crippen molar-refractivity contribution < 1.29 is 4.42 Å². The van der Waals surface area contributed by atoms with Crippen molar-refractivity contribution in [3.05, 3.63) is 83.1 Å². The lowest BCUT2D eigenvalue weighted by Gasteiger charge is -2.27. The molecule has 0 N–H and O–H groups in total. The molecular formula is C23H23N5O. The van der Waals surface area contributed by atoms with Gasteiger partial charge >= 0.3 is 0 Å². The van der Waals surface area contributed by atoms with Crippen molar-refractivity contribution in [1.82, 2.24) is 24.6 Å². The Kier molecular flexibility index (Phi) is 4.48. The van der Waals surface area contributed by atoms with Gasteiger partial charge in [0.25, 0.3) is 0 Å². The van der Waals surface area contributed by atoms with Crippen molar-refractivity contribution in [1.29, 1.82) is 0 Å². The first-order valence-corrected chi connectivity index (χ1v) is 9.89. The molecule has 0 aliphatic carbocycles. The Morgan fingerprint density at radius 2 is 1.97 bits per heavy atom. The highest BCUT2D eigenvalue weighted by atomic mass is 16.3. The summed E-state index contributed by atoms with van der Waals surface area (Å²) >= 11 is 0. The van der Waals surface area contributed by atoms with E-state index in [9.17, 15) is 0 Å². The quantitative estimate of drug-likeness (QED) is 0.529. The number of fused-ring (bicyclic) bond motifs is 1. The van der Waals surface area contributed by atoms with Gasteiger partial charge in [0.05, 0.1) is 23.8 Å². The first kappa shape index (κ1) is 17.8. The van der Waals surface area contributed by atoms with Gasteiger partial charge in [-0.15, -0.1) is 0 Å². The van der Waals surface area contributed by atoms with Crippen molar-refractivity contribution >= 4 is 0 Å². The molecule has 6 heteroatoms. The van der Waals surface area contributed by atoms with E-state index in [2.05, 4.69) is 53.1 Å². The van der Waals surface area contributed by atoms with Crippen LogP contribution in [-0.4, -0.2) is 31.2 Å². The molecular weight excluding hydrogens is 362 g/mol. The Morgan fingerprint density at radius 1 is 1.07 bits per heavy atom. The zero-order chi connectivity index (χ0) is 19.8. The topological polar surface area (TPSA) is 60.0 Å². The van der Waals surface area contributed by atoms with Crippen molar-refractivity contribution in [2.75, 3.05) is 6.54 Å². The van der Waals surface area contributed by atoms with Crippen LogP contribution in [0, 0.1) is 13.8 Å². The Balaban J connectivity index is 1.34. The zero-order valence-electron chi connectivity index (χ0n) is 16.7. The van der Waals surface area contributed by atoms with Gasteiger partial charge in [-0.25, -0.2) is 14.6 Å². The van der Waals surface area contributed by atoms with Crippen molar-refractivity contribution in [3.8, 4) is 17.3 Å². The van der Waals surface area contributed by atoms with Gasteiger partial charge in [-0.05, 0) is 37.6 Å². The maximum absolute atomic E-state index is 5.43. The molecule has 1 aromatic carbocycles. The first-order valence-electron chi connectivity index (χ1n) is 9.89. The van der Waals surface area contributed by atoms with Crippen molar-refractivity contribution in [2.24, 2.45) is 0 Å². The summed E-state index contributed by atoms with van der Waals surface area (Å²) in [6.07, 6.45) is 6.50. The SMILES string of the molecule is Cc1ccccc1-n1ncc(CN2CCc3nc(-c4ccco4)ncc3C2)c1C. The molecule has 0 radical (unpaired) electrons. The number of rotatable bonds is 4. The maximum atomic E-state index is 5.43. The number of furan rings is 1. The lowest BCUT2D eigenvalue weighted by molar-refractivity contribution is 0.242. The Morgan fingerprint density at radius 3 is 2.79 bits per heavy atom. The summed E-state index contributed by atoms with van der Waals surface area (Å²) in [5.74, 6) is 1.38. The van der Waals surface area contributed by atoms with E-state index in [-0.39, 0.29) is 0 Å². The van der Waals surface area contributed by atoms with Crippen LogP contribution < -0.4 is 0 Å². The summed E-state index contributed by atoms with van der Waals surface area (Å²) in [5.41, 5.74) is 7.12. The third-order valence-electron chi connectivity index (χ3n) is 5.60. The molecule has 0 spiro atoms. The van der Waals surface area contributed by atoms with Crippen LogP contribution in [0.1, 0.15) is 28.1 Å². The van der Waals surface area contributed by atoms with Gasteiger partial charge < -0.3 is 4.42 Å². The lowest BCUT2D eigenvalue weighted by atomic mass is 10.1. The van der Waals surface area contributed by atoms with E-state index in [0.717, 1.165) is 43.2 Å². The predicted octanol–water partition coefficient (Wildman–Crippen LogP) is 4.10. The number of benzene rings is 1. The highest BCUT2D eigenvalue weighted by molar-refractivity contribution is 5.47. The van der Waals surface area contributed by atoms with E-state index < -0.39 is 0 Å². The van der Waals surface area contributed by atoms with Crippen LogP contribution in [0.2, 0.25) is 0 Å². The van der Waals surface area contributed by atoms with E-state index in [1.54, 1.807) is 6.26 Å². The second-order valence-electron chi connectivity index (χ2n) is 7.56.